The Bertz CT molecular complexity index is 395. The highest BCUT2D eigenvalue weighted by molar-refractivity contribution is 5.75. The third-order valence-electron chi connectivity index (χ3n) is 3.57. The topological polar surface area (TPSA) is 64.2 Å². The minimum atomic E-state index is -0.291. The van der Waals surface area contributed by atoms with Crippen molar-refractivity contribution in [3.63, 3.8) is 0 Å². The minimum absolute atomic E-state index is 0.288. The van der Waals surface area contributed by atoms with E-state index in [1.54, 1.807) is 0 Å². The lowest BCUT2D eigenvalue weighted by Gasteiger charge is -2.26. The van der Waals surface area contributed by atoms with Gasteiger partial charge in [0.05, 0.1) is 18.6 Å². The fraction of sp³-hybridized carbons (Fsp3) is 0.692. The molecule has 0 radical (unpaired) electrons. The quantitative estimate of drug-likeness (QED) is 0.857. The zero-order chi connectivity index (χ0) is 13.0. The standard InChI is InChI=1S/C13H22N4O/c1-16(9-13(14)18)8-12-7-15-10-17(12)11-5-3-2-4-6-11/h7,10-11H,2-6,8-9H2,1H3,(H2,14,18). The van der Waals surface area contributed by atoms with E-state index in [0.717, 1.165) is 6.54 Å². The average Bonchev–Trinajstić information content (AvgIpc) is 2.77. The maximum absolute atomic E-state index is 10.9. The number of imidazole rings is 1. The van der Waals surface area contributed by atoms with Crippen molar-refractivity contribution in [2.75, 3.05) is 13.6 Å². The predicted molar refractivity (Wildman–Crippen MR) is 69.9 cm³/mol. The number of carbonyl (C=O) groups excluding carboxylic acids is 1. The van der Waals surface area contributed by atoms with Crippen LogP contribution in [-0.2, 0) is 11.3 Å². The average molecular weight is 250 g/mol. The van der Waals surface area contributed by atoms with E-state index in [4.69, 9.17) is 5.73 Å². The van der Waals surface area contributed by atoms with Crippen molar-refractivity contribution in [3.05, 3.63) is 18.2 Å². The first-order valence-corrected chi connectivity index (χ1v) is 6.64. The number of hydrogen-bond acceptors (Lipinski definition) is 3. The minimum Gasteiger partial charge on any atom is -0.369 e. The van der Waals surface area contributed by atoms with Crippen LogP contribution in [0.5, 0.6) is 0 Å². The molecule has 100 valence electrons. The van der Waals surface area contributed by atoms with E-state index in [-0.39, 0.29) is 12.5 Å². The van der Waals surface area contributed by atoms with E-state index in [2.05, 4.69) is 9.55 Å². The van der Waals surface area contributed by atoms with E-state index >= 15 is 0 Å². The Morgan fingerprint density at radius 1 is 1.50 bits per heavy atom. The first-order chi connectivity index (χ1) is 8.66. The fourth-order valence-corrected chi connectivity index (χ4v) is 2.74. The highest BCUT2D eigenvalue weighted by Gasteiger charge is 2.18. The van der Waals surface area contributed by atoms with Gasteiger partial charge in [0.1, 0.15) is 0 Å². The highest BCUT2D eigenvalue weighted by Crippen LogP contribution is 2.29. The van der Waals surface area contributed by atoms with Crippen LogP contribution in [0.4, 0.5) is 0 Å². The lowest BCUT2D eigenvalue weighted by molar-refractivity contribution is -0.118. The van der Waals surface area contributed by atoms with Gasteiger partial charge in [-0.2, -0.15) is 0 Å². The summed E-state index contributed by atoms with van der Waals surface area (Å²) < 4.78 is 2.27. The summed E-state index contributed by atoms with van der Waals surface area (Å²) >= 11 is 0. The van der Waals surface area contributed by atoms with Gasteiger partial charge in [0.25, 0.3) is 0 Å². The third kappa shape index (κ3) is 3.32. The van der Waals surface area contributed by atoms with Gasteiger partial charge in [-0.3, -0.25) is 9.69 Å². The molecule has 1 saturated carbocycles. The molecule has 2 N–H and O–H groups in total. The number of amides is 1. The molecule has 5 heteroatoms. The van der Waals surface area contributed by atoms with Crippen LogP contribution in [0, 0.1) is 0 Å². The molecule has 0 atom stereocenters. The SMILES string of the molecule is CN(CC(N)=O)Cc1cncn1C1CCCCC1. The lowest BCUT2D eigenvalue weighted by Crippen LogP contribution is -2.31. The predicted octanol–water partition coefficient (Wildman–Crippen LogP) is 1.31. The maximum Gasteiger partial charge on any atom is 0.231 e. The van der Waals surface area contributed by atoms with Gasteiger partial charge in [-0.25, -0.2) is 4.98 Å². The molecule has 1 amide bonds. The molecule has 18 heavy (non-hydrogen) atoms. The zero-order valence-electron chi connectivity index (χ0n) is 11.0. The van der Waals surface area contributed by atoms with Crippen LogP contribution in [0.15, 0.2) is 12.5 Å². The fourth-order valence-electron chi connectivity index (χ4n) is 2.74. The molecule has 0 unspecified atom stereocenters. The van der Waals surface area contributed by atoms with Crippen molar-refractivity contribution in [1.29, 1.82) is 0 Å². The van der Waals surface area contributed by atoms with Crippen LogP contribution in [0.25, 0.3) is 0 Å². The van der Waals surface area contributed by atoms with E-state index in [1.165, 1.54) is 37.8 Å². The van der Waals surface area contributed by atoms with Crippen molar-refractivity contribution < 1.29 is 4.79 Å². The summed E-state index contributed by atoms with van der Waals surface area (Å²) in [6.45, 7) is 1.01. The number of nitrogens with two attached hydrogens (primary N) is 1. The Balaban J connectivity index is 2.00. The number of nitrogens with zero attached hydrogens (tertiary/aromatic N) is 3. The summed E-state index contributed by atoms with van der Waals surface area (Å²) in [7, 11) is 1.91. The number of aromatic nitrogens is 2. The summed E-state index contributed by atoms with van der Waals surface area (Å²) in [5.74, 6) is -0.291. The molecule has 0 aliphatic heterocycles. The van der Waals surface area contributed by atoms with Gasteiger partial charge in [0, 0.05) is 18.8 Å². The molecule has 5 nitrogen and oxygen atoms in total. The summed E-state index contributed by atoms with van der Waals surface area (Å²) in [6, 6.07) is 0.582. The van der Waals surface area contributed by atoms with Gasteiger partial charge in [0.15, 0.2) is 0 Å². The van der Waals surface area contributed by atoms with E-state index in [9.17, 15) is 4.79 Å². The van der Waals surface area contributed by atoms with Crippen LogP contribution in [0.3, 0.4) is 0 Å². The van der Waals surface area contributed by atoms with Crippen molar-refractivity contribution in [3.8, 4) is 0 Å². The van der Waals surface area contributed by atoms with E-state index in [0.29, 0.717) is 6.04 Å². The Morgan fingerprint density at radius 2 is 2.22 bits per heavy atom. The number of carbonyl (C=O) groups is 1. The molecule has 1 aromatic rings. The summed E-state index contributed by atoms with van der Waals surface area (Å²) in [5, 5.41) is 0. The maximum atomic E-state index is 10.9. The molecular weight excluding hydrogens is 228 g/mol. The first kappa shape index (κ1) is 13.1. The Morgan fingerprint density at radius 3 is 2.89 bits per heavy atom. The number of hydrogen-bond donors (Lipinski definition) is 1. The lowest BCUT2D eigenvalue weighted by atomic mass is 9.95. The number of likely N-dealkylation sites (N-methyl/N-ethyl adjacent to an activating group) is 1. The largest absolute Gasteiger partial charge is 0.369 e. The van der Waals surface area contributed by atoms with Crippen molar-refractivity contribution >= 4 is 5.91 Å². The van der Waals surface area contributed by atoms with Crippen molar-refractivity contribution in [1.82, 2.24) is 14.5 Å². The molecule has 1 aliphatic carbocycles. The van der Waals surface area contributed by atoms with Gasteiger partial charge in [-0.1, -0.05) is 19.3 Å². The van der Waals surface area contributed by atoms with Crippen LogP contribution in [0.1, 0.15) is 43.8 Å². The monoisotopic (exact) mass is 250 g/mol. The molecule has 1 aliphatic rings. The molecular formula is C13H22N4O. The zero-order valence-corrected chi connectivity index (χ0v) is 11.0. The number of rotatable bonds is 5. The molecule has 1 fully saturated rings. The molecule has 0 saturated heterocycles. The highest BCUT2D eigenvalue weighted by atomic mass is 16.1. The van der Waals surface area contributed by atoms with E-state index < -0.39 is 0 Å². The van der Waals surface area contributed by atoms with Crippen molar-refractivity contribution in [2.24, 2.45) is 5.73 Å². The Hall–Kier alpha value is -1.36. The smallest absolute Gasteiger partial charge is 0.231 e. The van der Waals surface area contributed by atoms with Crippen molar-refractivity contribution in [2.45, 2.75) is 44.7 Å². The van der Waals surface area contributed by atoms with Gasteiger partial charge >= 0.3 is 0 Å². The molecule has 1 heterocycles. The van der Waals surface area contributed by atoms with Gasteiger partial charge < -0.3 is 10.3 Å². The Labute approximate surface area is 108 Å². The number of primary amides is 1. The molecule has 2 rings (SSSR count). The van der Waals surface area contributed by atoms with Crippen LogP contribution < -0.4 is 5.73 Å². The molecule has 1 aromatic heterocycles. The normalized spacial score (nSPS) is 17.2. The molecule has 0 spiro atoms. The van der Waals surface area contributed by atoms with Gasteiger partial charge in [-0.15, -0.1) is 0 Å². The van der Waals surface area contributed by atoms with Gasteiger partial charge in [-0.05, 0) is 19.9 Å². The Kier molecular flexibility index (Phi) is 4.36. The molecule has 0 aromatic carbocycles. The second kappa shape index (κ2) is 6.00. The second-order valence-corrected chi connectivity index (χ2v) is 5.22. The first-order valence-electron chi connectivity index (χ1n) is 6.64. The summed E-state index contributed by atoms with van der Waals surface area (Å²) in [5.41, 5.74) is 6.37. The van der Waals surface area contributed by atoms with Crippen LogP contribution in [-0.4, -0.2) is 34.0 Å². The second-order valence-electron chi connectivity index (χ2n) is 5.22. The van der Waals surface area contributed by atoms with Crippen LogP contribution >= 0.6 is 0 Å². The summed E-state index contributed by atoms with van der Waals surface area (Å²) in [6.07, 6.45) is 10.3. The third-order valence-corrected chi connectivity index (χ3v) is 3.57. The molecule has 0 bridgehead atoms. The summed E-state index contributed by atoms with van der Waals surface area (Å²) in [4.78, 5) is 17.1. The van der Waals surface area contributed by atoms with Gasteiger partial charge in [0.2, 0.25) is 5.91 Å². The van der Waals surface area contributed by atoms with E-state index in [1.807, 2.05) is 24.5 Å². The van der Waals surface area contributed by atoms with Crippen LogP contribution in [0.2, 0.25) is 0 Å².